The molecule has 20 heavy (non-hydrogen) atoms. The Morgan fingerprint density at radius 2 is 2.20 bits per heavy atom. The quantitative estimate of drug-likeness (QED) is 0.762. The molecule has 1 aromatic carbocycles. The molecule has 0 unspecified atom stereocenters. The van der Waals surface area contributed by atoms with Gasteiger partial charge in [0.25, 0.3) is 5.91 Å². The molecular weight excluding hydrogens is 332 g/mol. The molecule has 1 aliphatic carbocycles. The first-order chi connectivity index (χ1) is 9.45. The largest absolute Gasteiger partial charge is 0.435 e. The molecule has 1 aromatic rings. The Kier molecular flexibility index (Phi) is 4.96. The fourth-order valence-corrected chi connectivity index (χ4v) is 3.36. The summed E-state index contributed by atoms with van der Waals surface area (Å²) in [4.78, 5) is 14.4. The average molecular weight is 348 g/mol. The number of amides is 1. The van der Waals surface area contributed by atoms with E-state index in [9.17, 15) is 13.6 Å². The zero-order valence-corrected chi connectivity index (χ0v) is 12.6. The first-order valence-electron chi connectivity index (χ1n) is 6.40. The van der Waals surface area contributed by atoms with Gasteiger partial charge in [-0.25, -0.2) is 0 Å². The van der Waals surface area contributed by atoms with E-state index < -0.39 is 6.61 Å². The zero-order valence-electron chi connectivity index (χ0n) is 11.1. The Morgan fingerprint density at radius 3 is 2.80 bits per heavy atom. The van der Waals surface area contributed by atoms with Crippen LogP contribution in [-0.4, -0.2) is 35.8 Å². The first-order valence-corrected chi connectivity index (χ1v) is 7.31. The van der Waals surface area contributed by atoms with Gasteiger partial charge in [0.15, 0.2) is 0 Å². The van der Waals surface area contributed by atoms with Crippen molar-refractivity contribution in [2.75, 3.05) is 13.6 Å². The number of carbonyl (C=O) groups is 1. The first kappa shape index (κ1) is 15.2. The van der Waals surface area contributed by atoms with Crippen molar-refractivity contribution in [2.24, 2.45) is 5.92 Å². The summed E-state index contributed by atoms with van der Waals surface area (Å²) >= 11 is 3.51. The molecule has 0 heterocycles. The van der Waals surface area contributed by atoms with Crippen molar-refractivity contribution in [3.8, 4) is 5.75 Å². The Balaban J connectivity index is 1.97. The molecule has 0 radical (unpaired) electrons. The van der Waals surface area contributed by atoms with Crippen molar-refractivity contribution in [2.45, 2.75) is 24.3 Å². The molecule has 2 rings (SSSR count). The predicted octanol–water partition coefficient (Wildman–Crippen LogP) is 3.53. The molecule has 1 amide bonds. The summed E-state index contributed by atoms with van der Waals surface area (Å²) in [6, 6.07) is 5.89. The van der Waals surface area contributed by atoms with Crippen molar-refractivity contribution in [1.29, 1.82) is 0 Å². The number of ether oxygens (including phenoxy) is 1. The average Bonchev–Trinajstić information content (AvgIpc) is 2.35. The van der Waals surface area contributed by atoms with E-state index in [4.69, 9.17) is 0 Å². The van der Waals surface area contributed by atoms with E-state index in [0.29, 0.717) is 22.9 Å². The highest BCUT2D eigenvalue weighted by atomic mass is 79.9. The van der Waals surface area contributed by atoms with Gasteiger partial charge >= 0.3 is 6.61 Å². The fraction of sp³-hybridized carbons (Fsp3) is 0.500. The van der Waals surface area contributed by atoms with Gasteiger partial charge in [-0.05, 0) is 37.0 Å². The Morgan fingerprint density at radius 1 is 1.50 bits per heavy atom. The van der Waals surface area contributed by atoms with Crippen molar-refractivity contribution in [3.05, 3.63) is 29.8 Å². The van der Waals surface area contributed by atoms with Gasteiger partial charge in [0.2, 0.25) is 0 Å². The molecule has 0 aromatic heterocycles. The maximum atomic E-state index is 12.2. The van der Waals surface area contributed by atoms with Crippen LogP contribution in [0.4, 0.5) is 8.78 Å². The van der Waals surface area contributed by atoms with E-state index in [-0.39, 0.29) is 11.7 Å². The summed E-state index contributed by atoms with van der Waals surface area (Å²) in [6.07, 6.45) is 2.12. The molecule has 110 valence electrons. The molecule has 0 atom stereocenters. The van der Waals surface area contributed by atoms with Crippen molar-refractivity contribution in [1.82, 2.24) is 4.90 Å². The summed E-state index contributed by atoms with van der Waals surface area (Å²) in [5.41, 5.74) is 0.361. The molecular formula is C14H16BrF2NO2. The fourth-order valence-electron chi connectivity index (χ4n) is 2.30. The normalized spacial score (nSPS) is 21.4. The van der Waals surface area contributed by atoms with Crippen molar-refractivity contribution < 1.29 is 18.3 Å². The molecule has 0 N–H and O–H groups in total. The second-order valence-electron chi connectivity index (χ2n) is 5.03. The predicted molar refractivity (Wildman–Crippen MR) is 75.5 cm³/mol. The minimum Gasteiger partial charge on any atom is -0.435 e. The molecule has 1 fully saturated rings. The van der Waals surface area contributed by atoms with E-state index >= 15 is 0 Å². The maximum Gasteiger partial charge on any atom is 0.387 e. The monoisotopic (exact) mass is 347 g/mol. The SMILES string of the molecule is CN(CC1CC(Br)C1)C(=O)c1cccc(OC(F)F)c1. The summed E-state index contributed by atoms with van der Waals surface area (Å²) in [7, 11) is 1.73. The number of benzene rings is 1. The number of halogens is 3. The topological polar surface area (TPSA) is 29.5 Å². The highest BCUT2D eigenvalue weighted by Gasteiger charge is 2.29. The second-order valence-corrected chi connectivity index (χ2v) is 6.32. The number of carbonyl (C=O) groups excluding carboxylic acids is 1. The number of nitrogens with zero attached hydrogens (tertiary/aromatic N) is 1. The minimum absolute atomic E-state index is 0.00316. The standard InChI is InChI=1S/C14H16BrF2NO2/c1-18(8-9-5-11(15)6-9)13(19)10-3-2-4-12(7-10)20-14(16)17/h2-4,7,9,11,14H,5-6,8H2,1H3. The lowest BCUT2D eigenvalue weighted by molar-refractivity contribution is -0.0499. The zero-order chi connectivity index (χ0) is 14.7. The Labute approximate surface area is 125 Å². The highest BCUT2D eigenvalue weighted by molar-refractivity contribution is 9.09. The Hall–Kier alpha value is -1.17. The summed E-state index contributed by atoms with van der Waals surface area (Å²) < 4.78 is 28.6. The summed E-state index contributed by atoms with van der Waals surface area (Å²) in [5.74, 6) is 0.333. The molecule has 1 saturated carbocycles. The third-order valence-electron chi connectivity index (χ3n) is 3.36. The Bertz CT molecular complexity index is 478. The molecule has 0 saturated heterocycles. The van der Waals surface area contributed by atoms with E-state index in [1.54, 1.807) is 18.0 Å². The van der Waals surface area contributed by atoms with Crippen molar-refractivity contribution >= 4 is 21.8 Å². The number of hydrogen-bond acceptors (Lipinski definition) is 2. The highest BCUT2D eigenvalue weighted by Crippen LogP contribution is 2.33. The van der Waals surface area contributed by atoms with Gasteiger partial charge in [-0.3, -0.25) is 4.79 Å². The van der Waals surface area contributed by atoms with Crippen LogP contribution in [0, 0.1) is 5.92 Å². The van der Waals surface area contributed by atoms with E-state index in [1.165, 1.54) is 18.2 Å². The van der Waals surface area contributed by atoms with Gasteiger partial charge in [0.05, 0.1) is 0 Å². The lowest BCUT2D eigenvalue weighted by Gasteiger charge is -2.34. The van der Waals surface area contributed by atoms with Crippen LogP contribution in [0.15, 0.2) is 24.3 Å². The summed E-state index contributed by atoms with van der Waals surface area (Å²) in [6.45, 7) is -2.20. The molecule has 0 spiro atoms. The van der Waals surface area contributed by atoms with Gasteiger partial charge < -0.3 is 9.64 Å². The van der Waals surface area contributed by atoms with Crippen LogP contribution in [0.1, 0.15) is 23.2 Å². The van der Waals surface area contributed by atoms with Crippen LogP contribution >= 0.6 is 15.9 Å². The molecule has 0 bridgehead atoms. The maximum absolute atomic E-state index is 12.2. The number of alkyl halides is 3. The van der Waals surface area contributed by atoms with Crippen LogP contribution in [-0.2, 0) is 0 Å². The third kappa shape index (κ3) is 3.91. The van der Waals surface area contributed by atoms with E-state index in [0.717, 1.165) is 12.8 Å². The third-order valence-corrected chi connectivity index (χ3v) is 4.11. The molecule has 0 aliphatic heterocycles. The van der Waals surface area contributed by atoms with Crippen LogP contribution in [0.5, 0.6) is 5.75 Å². The van der Waals surface area contributed by atoms with Crippen LogP contribution < -0.4 is 4.74 Å². The van der Waals surface area contributed by atoms with Crippen molar-refractivity contribution in [3.63, 3.8) is 0 Å². The van der Waals surface area contributed by atoms with Gasteiger partial charge in [-0.1, -0.05) is 22.0 Å². The van der Waals surface area contributed by atoms with E-state index in [1.807, 2.05) is 0 Å². The lowest BCUT2D eigenvalue weighted by Crippen LogP contribution is -2.37. The van der Waals surface area contributed by atoms with E-state index in [2.05, 4.69) is 20.7 Å². The lowest BCUT2D eigenvalue weighted by atomic mass is 9.85. The van der Waals surface area contributed by atoms with Crippen LogP contribution in [0.3, 0.4) is 0 Å². The number of hydrogen-bond donors (Lipinski definition) is 0. The molecule has 6 heteroatoms. The van der Waals surface area contributed by atoms with Gasteiger partial charge in [0.1, 0.15) is 5.75 Å². The number of rotatable bonds is 5. The smallest absolute Gasteiger partial charge is 0.387 e. The minimum atomic E-state index is -2.89. The summed E-state index contributed by atoms with van der Waals surface area (Å²) in [5, 5.41) is 0. The molecule has 3 nitrogen and oxygen atoms in total. The van der Waals surface area contributed by atoms with Crippen LogP contribution in [0.25, 0.3) is 0 Å². The second kappa shape index (κ2) is 6.52. The van der Waals surface area contributed by atoms with Gasteiger partial charge in [-0.2, -0.15) is 8.78 Å². The van der Waals surface area contributed by atoms with Crippen LogP contribution in [0.2, 0.25) is 0 Å². The van der Waals surface area contributed by atoms with Gasteiger partial charge in [0, 0.05) is 24.0 Å². The molecule has 1 aliphatic rings. The van der Waals surface area contributed by atoms with Gasteiger partial charge in [-0.15, -0.1) is 0 Å².